The molecule has 2 fully saturated rings. The molecule has 3 N–H and O–H groups in total. The minimum Gasteiger partial charge on any atom is -0.508 e. The molecule has 1 aliphatic carbocycles. The maximum absolute atomic E-state index is 12.5. The summed E-state index contributed by atoms with van der Waals surface area (Å²) >= 11 is 0. The molecule has 1 aliphatic heterocycles. The molecule has 6 heteroatoms. The molecule has 176 valence electrons. The maximum Gasteiger partial charge on any atom is 0.410 e. The number of likely N-dealkylation sites (tertiary alicyclic amines) is 1. The fraction of sp³-hybridized carbons (Fsp3) is 0.720. The Morgan fingerprint density at radius 2 is 1.94 bits per heavy atom. The van der Waals surface area contributed by atoms with Crippen molar-refractivity contribution in [1.29, 1.82) is 0 Å². The number of unbranched alkanes of at least 4 members (excludes halogenated alkanes) is 1. The van der Waals surface area contributed by atoms with Crippen LogP contribution in [-0.2, 0) is 9.47 Å². The van der Waals surface area contributed by atoms with E-state index >= 15 is 0 Å². The molecule has 1 aromatic carbocycles. The molecule has 1 aromatic rings. The van der Waals surface area contributed by atoms with Crippen LogP contribution in [0.25, 0.3) is 0 Å². The van der Waals surface area contributed by atoms with Gasteiger partial charge in [-0.3, -0.25) is 0 Å². The number of hydrogen-bond acceptors (Lipinski definition) is 5. The Morgan fingerprint density at radius 1 is 1.19 bits per heavy atom. The number of aromatic hydroxyl groups is 1. The Bertz CT molecular complexity index is 646. The van der Waals surface area contributed by atoms with Crippen LogP contribution in [0.2, 0.25) is 0 Å². The molecular formula is C25H42N2O4. The summed E-state index contributed by atoms with van der Waals surface area (Å²) < 4.78 is 11.6. The zero-order chi connectivity index (χ0) is 22.6. The molecule has 1 saturated carbocycles. The van der Waals surface area contributed by atoms with E-state index in [0.717, 1.165) is 51.4 Å². The van der Waals surface area contributed by atoms with E-state index in [1.165, 1.54) is 5.56 Å². The third-order valence-corrected chi connectivity index (χ3v) is 6.31. The lowest BCUT2D eigenvalue weighted by Gasteiger charge is -2.40. The Kier molecular flexibility index (Phi) is 11.2. The van der Waals surface area contributed by atoms with Gasteiger partial charge in [0.15, 0.2) is 0 Å². The lowest BCUT2D eigenvalue weighted by molar-refractivity contribution is -0.0250. The van der Waals surface area contributed by atoms with Gasteiger partial charge >= 0.3 is 6.09 Å². The Hall–Kier alpha value is -1.79. The average molecular weight is 435 g/mol. The highest BCUT2D eigenvalue weighted by atomic mass is 16.6. The largest absolute Gasteiger partial charge is 0.508 e. The summed E-state index contributed by atoms with van der Waals surface area (Å²) in [7, 11) is 0. The highest BCUT2D eigenvalue weighted by molar-refractivity contribution is 5.68. The summed E-state index contributed by atoms with van der Waals surface area (Å²) in [5, 5.41) is 9.71. The van der Waals surface area contributed by atoms with Gasteiger partial charge in [0.1, 0.15) is 5.75 Å². The van der Waals surface area contributed by atoms with Crippen LogP contribution in [0.3, 0.4) is 0 Å². The van der Waals surface area contributed by atoms with Crippen LogP contribution >= 0.6 is 0 Å². The molecule has 2 atom stereocenters. The van der Waals surface area contributed by atoms with E-state index in [4.69, 9.17) is 15.2 Å². The second-order valence-electron chi connectivity index (χ2n) is 8.44. The summed E-state index contributed by atoms with van der Waals surface area (Å²) in [4.78, 5) is 14.3. The predicted molar refractivity (Wildman–Crippen MR) is 124 cm³/mol. The fourth-order valence-corrected chi connectivity index (χ4v) is 4.49. The number of carbonyl (C=O) groups excluding carboxylic acids is 1. The van der Waals surface area contributed by atoms with Crippen molar-refractivity contribution in [2.24, 2.45) is 5.73 Å². The first-order valence-electron chi connectivity index (χ1n) is 12.2. The fourth-order valence-electron chi connectivity index (χ4n) is 4.49. The van der Waals surface area contributed by atoms with E-state index in [1.807, 2.05) is 26.0 Å². The number of phenolic OH excluding ortho intramolecular Hbond substituents is 1. The molecule has 2 aliphatic rings. The average Bonchev–Trinajstić information content (AvgIpc) is 2.80. The quantitative estimate of drug-likeness (QED) is 0.577. The van der Waals surface area contributed by atoms with Gasteiger partial charge in [-0.1, -0.05) is 39.3 Å². The maximum atomic E-state index is 12.5. The van der Waals surface area contributed by atoms with E-state index in [2.05, 4.69) is 13.0 Å². The van der Waals surface area contributed by atoms with Crippen LogP contribution in [0.15, 0.2) is 24.3 Å². The highest BCUT2D eigenvalue weighted by Crippen LogP contribution is 2.35. The SMILES string of the molecule is CC.CCCCOC(=O)N1CCCC(N)C1COC1CCC(c2cccc(O)c2)CC1. The number of nitrogens with two attached hydrogens (primary N) is 1. The third-order valence-electron chi connectivity index (χ3n) is 6.31. The number of piperidine rings is 1. The lowest BCUT2D eigenvalue weighted by Crippen LogP contribution is -2.56. The van der Waals surface area contributed by atoms with Crippen LogP contribution in [0.4, 0.5) is 4.79 Å². The minimum atomic E-state index is -0.255. The highest BCUT2D eigenvalue weighted by Gasteiger charge is 2.34. The van der Waals surface area contributed by atoms with Gasteiger partial charge in [-0.05, 0) is 68.6 Å². The first-order chi connectivity index (χ1) is 15.1. The van der Waals surface area contributed by atoms with E-state index in [9.17, 15) is 9.90 Å². The second-order valence-corrected chi connectivity index (χ2v) is 8.44. The number of hydrogen-bond donors (Lipinski definition) is 2. The number of amides is 1. The summed E-state index contributed by atoms with van der Waals surface area (Å²) in [6.45, 7) is 7.71. The number of nitrogens with zero attached hydrogens (tertiary/aromatic N) is 1. The summed E-state index contributed by atoms with van der Waals surface area (Å²) in [6.07, 6.45) is 7.74. The number of rotatable bonds is 7. The summed E-state index contributed by atoms with van der Waals surface area (Å²) in [5.74, 6) is 0.807. The van der Waals surface area contributed by atoms with Gasteiger partial charge in [-0.15, -0.1) is 0 Å². The zero-order valence-corrected chi connectivity index (χ0v) is 19.6. The number of carbonyl (C=O) groups is 1. The van der Waals surface area contributed by atoms with Crippen molar-refractivity contribution in [2.75, 3.05) is 19.8 Å². The van der Waals surface area contributed by atoms with Gasteiger partial charge in [0.05, 0.1) is 25.4 Å². The molecule has 0 bridgehead atoms. The molecule has 0 spiro atoms. The Labute approximate surface area is 188 Å². The topological polar surface area (TPSA) is 85.0 Å². The molecule has 6 nitrogen and oxygen atoms in total. The second kappa shape index (κ2) is 13.6. The summed E-state index contributed by atoms with van der Waals surface area (Å²) in [6, 6.07) is 7.41. The lowest BCUT2D eigenvalue weighted by atomic mass is 9.82. The number of ether oxygens (including phenoxy) is 2. The first-order valence-corrected chi connectivity index (χ1v) is 12.2. The number of phenols is 1. The molecule has 1 amide bonds. The summed E-state index contributed by atoms with van der Waals surface area (Å²) in [5.41, 5.74) is 7.54. The van der Waals surface area contributed by atoms with Crippen LogP contribution in [-0.4, -0.2) is 54.0 Å². The van der Waals surface area contributed by atoms with Crippen molar-refractivity contribution < 1.29 is 19.4 Å². The van der Waals surface area contributed by atoms with Gasteiger partial charge in [0.2, 0.25) is 0 Å². The third kappa shape index (κ3) is 7.69. The van der Waals surface area contributed by atoms with Crippen molar-refractivity contribution in [3.05, 3.63) is 29.8 Å². The van der Waals surface area contributed by atoms with E-state index in [-0.39, 0.29) is 24.3 Å². The molecule has 1 heterocycles. The molecule has 3 rings (SSSR count). The predicted octanol–water partition coefficient (Wildman–Crippen LogP) is 5.19. The molecule has 1 saturated heterocycles. The first kappa shape index (κ1) is 25.5. The number of benzene rings is 1. The molecule has 0 radical (unpaired) electrons. The Morgan fingerprint density at radius 3 is 2.61 bits per heavy atom. The van der Waals surface area contributed by atoms with Crippen molar-refractivity contribution in [3.8, 4) is 5.75 Å². The van der Waals surface area contributed by atoms with Crippen LogP contribution < -0.4 is 5.73 Å². The smallest absolute Gasteiger partial charge is 0.410 e. The van der Waals surface area contributed by atoms with Crippen LogP contribution in [0, 0.1) is 0 Å². The van der Waals surface area contributed by atoms with Crippen molar-refractivity contribution in [1.82, 2.24) is 4.90 Å². The minimum absolute atomic E-state index is 0.0638. The monoisotopic (exact) mass is 434 g/mol. The van der Waals surface area contributed by atoms with E-state index in [0.29, 0.717) is 31.4 Å². The van der Waals surface area contributed by atoms with Crippen molar-refractivity contribution >= 4 is 6.09 Å². The Balaban J connectivity index is 0.00000166. The molecular weight excluding hydrogens is 392 g/mol. The van der Waals surface area contributed by atoms with Gasteiger partial charge in [0.25, 0.3) is 0 Å². The van der Waals surface area contributed by atoms with Gasteiger partial charge < -0.3 is 25.2 Å². The van der Waals surface area contributed by atoms with Gasteiger partial charge in [-0.25, -0.2) is 4.79 Å². The standard InChI is InChI=1S/C23H36N2O4.C2H6/c1-2-3-14-28-23(27)25-13-5-8-21(24)22(25)16-29-20-11-9-17(10-12-20)18-6-4-7-19(26)15-18;1-2/h4,6-7,15,17,20-22,26H,2-3,5,8-14,16,24H2,1H3;1-2H3. The molecule has 2 unspecified atom stereocenters. The molecule has 0 aromatic heterocycles. The zero-order valence-electron chi connectivity index (χ0n) is 19.6. The van der Waals surface area contributed by atoms with Crippen LogP contribution in [0.1, 0.15) is 83.6 Å². The normalized spacial score (nSPS) is 26.0. The molecule has 31 heavy (non-hydrogen) atoms. The van der Waals surface area contributed by atoms with Crippen LogP contribution in [0.5, 0.6) is 5.75 Å². The van der Waals surface area contributed by atoms with Gasteiger partial charge in [-0.2, -0.15) is 0 Å². The van der Waals surface area contributed by atoms with E-state index < -0.39 is 0 Å². The van der Waals surface area contributed by atoms with E-state index in [1.54, 1.807) is 11.0 Å². The van der Waals surface area contributed by atoms with Gasteiger partial charge in [0, 0.05) is 12.6 Å². The van der Waals surface area contributed by atoms with Crippen molar-refractivity contribution in [2.45, 2.75) is 96.2 Å². The van der Waals surface area contributed by atoms with Crippen molar-refractivity contribution in [3.63, 3.8) is 0 Å².